The number of anilines is 1. The molecule has 1 N–H and O–H groups in total. The number of rotatable bonds is 2. The zero-order valence-corrected chi connectivity index (χ0v) is 14.6. The maximum absolute atomic E-state index is 14.5. The number of para-hydroxylation sites is 2. The monoisotopic (exact) mass is 364 g/mol. The van der Waals surface area contributed by atoms with Gasteiger partial charge in [-0.25, -0.2) is 13.8 Å². The normalized spacial score (nSPS) is 17.7. The average Bonchev–Trinajstić information content (AvgIpc) is 3.15. The van der Waals surface area contributed by atoms with E-state index in [1.54, 1.807) is 12.3 Å². The Morgan fingerprint density at radius 2 is 1.89 bits per heavy atom. The highest BCUT2D eigenvalue weighted by Crippen LogP contribution is 2.34. The number of halogens is 2. The zero-order chi connectivity index (χ0) is 18.4. The van der Waals surface area contributed by atoms with Gasteiger partial charge in [0.15, 0.2) is 0 Å². The summed E-state index contributed by atoms with van der Waals surface area (Å²) in [6.07, 6.45) is 3.52. The van der Waals surface area contributed by atoms with Gasteiger partial charge in [-0.3, -0.25) is 4.98 Å². The third-order valence-electron chi connectivity index (χ3n) is 5.33. The first-order valence-corrected chi connectivity index (χ1v) is 9.13. The van der Waals surface area contributed by atoms with E-state index in [0.717, 1.165) is 42.3 Å². The van der Waals surface area contributed by atoms with Crippen molar-refractivity contribution in [1.29, 1.82) is 0 Å². The molecule has 1 saturated heterocycles. The van der Waals surface area contributed by atoms with Crippen molar-refractivity contribution >= 4 is 27.6 Å². The van der Waals surface area contributed by atoms with Gasteiger partial charge < -0.3 is 9.88 Å². The van der Waals surface area contributed by atoms with Crippen molar-refractivity contribution in [1.82, 2.24) is 15.0 Å². The topological polar surface area (TPSA) is 44.8 Å². The Bertz CT molecular complexity index is 1100. The van der Waals surface area contributed by atoms with Gasteiger partial charge >= 0.3 is 0 Å². The Morgan fingerprint density at radius 3 is 2.78 bits per heavy atom. The Kier molecular flexibility index (Phi) is 3.77. The van der Waals surface area contributed by atoms with Gasteiger partial charge in [0, 0.05) is 25.2 Å². The molecule has 1 unspecified atom stereocenters. The summed E-state index contributed by atoms with van der Waals surface area (Å²) in [6.45, 7) is 1.50. The highest BCUT2D eigenvalue weighted by Gasteiger charge is 2.26. The third kappa shape index (κ3) is 2.72. The van der Waals surface area contributed by atoms with Gasteiger partial charge in [-0.05, 0) is 43.2 Å². The number of nitrogens with zero attached hydrogens (tertiary/aromatic N) is 3. The summed E-state index contributed by atoms with van der Waals surface area (Å²) >= 11 is 0. The van der Waals surface area contributed by atoms with Crippen molar-refractivity contribution in [2.75, 3.05) is 18.0 Å². The summed E-state index contributed by atoms with van der Waals surface area (Å²) in [5, 5.41) is 0.253. The minimum absolute atomic E-state index is 0.0818. The number of aromatic amines is 1. The van der Waals surface area contributed by atoms with Gasteiger partial charge in [-0.15, -0.1) is 0 Å². The molecule has 6 heteroatoms. The lowest BCUT2D eigenvalue weighted by Crippen LogP contribution is -2.35. The first-order chi connectivity index (χ1) is 13.2. The second-order valence-corrected chi connectivity index (χ2v) is 7.01. The number of fused-ring (bicyclic) bond motifs is 2. The van der Waals surface area contributed by atoms with E-state index in [4.69, 9.17) is 4.98 Å². The van der Waals surface area contributed by atoms with Gasteiger partial charge in [-0.2, -0.15) is 0 Å². The summed E-state index contributed by atoms with van der Waals surface area (Å²) in [7, 11) is 0. The molecule has 1 fully saturated rings. The van der Waals surface area contributed by atoms with Gasteiger partial charge in [0.25, 0.3) is 0 Å². The molecule has 27 heavy (non-hydrogen) atoms. The number of hydrogen-bond acceptors (Lipinski definition) is 3. The average molecular weight is 364 g/mol. The standard InChI is InChI=1S/C21H18F2N4/c22-14-7-8-15(23)20-19(14)18(9-10-24-20)27-11-3-4-13(12-27)21-25-16-5-1-2-6-17(16)26-21/h1-2,5-10,13H,3-4,11-12H2,(H,25,26). The van der Waals surface area contributed by atoms with Crippen molar-refractivity contribution in [3.63, 3.8) is 0 Å². The molecule has 2 aromatic carbocycles. The SMILES string of the molecule is Fc1ccc(F)c2c(N3CCCC(c4nc5ccccc5[nH]4)C3)ccnc12. The predicted molar refractivity (Wildman–Crippen MR) is 102 cm³/mol. The van der Waals surface area contributed by atoms with Crippen molar-refractivity contribution in [3.8, 4) is 0 Å². The van der Waals surface area contributed by atoms with Gasteiger partial charge in [0.1, 0.15) is 23.0 Å². The van der Waals surface area contributed by atoms with E-state index in [-0.39, 0.29) is 16.8 Å². The van der Waals surface area contributed by atoms with Crippen LogP contribution in [-0.2, 0) is 0 Å². The molecule has 0 amide bonds. The Balaban J connectivity index is 1.53. The number of pyridine rings is 1. The minimum Gasteiger partial charge on any atom is -0.370 e. The van der Waals surface area contributed by atoms with E-state index < -0.39 is 11.6 Å². The lowest BCUT2D eigenvalue weighted by Gasteiger charge is -2.34. The molecule has 1 atom stereocenters. The number of benzene rings is 2. The maximum Gasteiger partial charge on any atom is 0.149 e. The molecule has 0 radical (unpaired) electrons. The molecule has 136 valence electrons. The molecule has 1 aliphatic heterocycles. The summed E-state index contributed by atoms with van der Waals surface area (Å²) in [4.78, 5) is 14.3. The highest BCUT2D eigenvalue weighted by molar-refractivity contribution is 5.92. The van der Waals surface area contributed by atoms with Crippen LogP contribution in [0.4, 0.5) is 14.5 Å². The fraction of sp³-hybridized carbons (Fsp3) is 0.238. The van der Waals surface area contributed by atoms with E-state index in [0.29, 0.717) is 12.2 Å². The molecule has 4 nitrogen and oxygen atoms in total. The minimum atomic E-state index is -0.501. The van der Waals surface area contributed by atoms with Gasteiger partial charge in [0.2, 0.25) is 0 Å². The van der Waals surface area contributed by atoms with E-state index in [9.17, 15) is 8.78 Å². The number of hydrogen-bond donors (Lipinski definition) is 1. The number of H-pyrrole nitrogens is 1. The second kappa shape index (κ2) is 6.30. The number of imidazole rings is 1. The van der Waals surface area contributed by atoms with E-state index in [1.165, 1.54) is 6.07 Å². The molecule has 3 heterocycles. The Labute approximate surface area is 154 Å². The maximum atomic E-state index is 14.5. The first-order valence-electron chi connectivity index (χ1n) is 9.13. The summed E-state index contributed by atoms with van der Waals surface area (Å²) in [5.41, 5.74) is 2.75. The van der Waals surface area contributed by atoms with Crippen LogP contribution in [0.2, 0.25) is 0 Å². The summed E-state index contributed by atoms with van der Waals surface area (Å²) in [5.74, 6) is 0.219. The first kappa shape index (κ1) is 16.2. The zero-order valence-electron chi connectivity index (χ0n) is 14.6. The van der Waals surface area contributed by atoms with E-state index >= 15 is 0 Å². The lowest BCUT2D eigenvalue weighted by atomic mass is 9.96. The summed E-state index contributed by atoms with van der Waals surface area (Å²) in [6, 6.07) is 12.0. The van der Waals surface area contributed by atoms with Crippen LogP contribution < -0.4 is 4.90 Å². The van der Waals surface area contributed by atoms with E-state index in [1.807, 2.05) is 24.3 Å². The molecule has 2 aromatic heterocycles. The molecular formula is C21H18F2N4. The molecule has 0 spiro atoms. The fourth-order valence-corrected chi connectivity index (χ4v) is 4.03. The van der Waals surface area contributed by atoms with Crippen LogP contribution in [0.1, 0.15) is 24.6 Å². The van der Waals surface area contributed by atoms with E-state index in [2.05, 4.69) is 14.9 Å². The number of piperidine rings is 1. The fourth-order valence-electron chi connectivity index (χ4n) is 4.03. The second-order valence-electron chi connectivity index (χ2n) is 7.01. The molecule has 5 rings (SSSR count). The van der Waals surface area contributed by atoms with Crippen molar-refractivity contribution in [2.24, 2.45) is 0 Å². The van der Waals surface area contributed by atoms with Crippen molar-refractivity contribution < 1.29 is 8.78 Å². The molecular weight excluding hydrogens is 346 g/mol. The predicted octanol–water partition coefficient (Wildman–Crippen LogP) is 4.77. The summed E-state index contributed by atoms with van der Waals surface area (Å²) < 4.78 is 28.6. The Morgan fingerprint density at radius 1 is 1.04 bits per heavy atom. The van der Waals surface area contributed by atoms with Crippen LogP contribution in [0.3, 0.4) is 0 Å². The lowest BCUT2D eigenvalue weighted by molar-refractivity contribution is 0.495. The van der Waals surface area contributed by atoms with Crippen molar-refractivity contribution in [2.45, 2.75) is 18.8 Å². The molecule has 0 saturated carbocycles. The van der Waals surface area contributed by atoms with Crippen molar-refractivity contribution in [3.05, 3.63) is 66.1 Å². The third-order valence-corrected chi connectivity index (χ3v) is 5.33. The van der Waals surface area contributed by atoms with Crippen LogP contribution in [0.15, 0.2) is 48.7 Å². The van der Waals surface area contributed by atoms with Crippen LogP contribution in [0.5, 0.6) is 0 Å². The quantitative estimate of drug-likeness (QED) is 0.557. The molecule has 0 aliphatic carbocycles. The molecule has 0 bridgehead atoms. The number of nitrogens with one attached hydrogen (secondary N) is 1. The smallest absolute Gasteiger partial charge is 0.149 e. The highest BCUT2D eigenvalue weighted by atomic mass is 19.1. The van der Waals surface area contributed by atoms with Gasteiger partial charge in [-0.1, -0.05) is 12.1 Å². The van der Waals surface area contributed by atoms with Crippen LogP contribution in [0, 0.1) is 11.6 Å². The van der Waals surface area contributed by atoms with Gasteiger partial charge in [0.05, 0.1) is 22.1 Å². The molecule has 1 aliphatic rings. The van der Waals surface area contributed by atoms with Crippen LogP contribution in [-0.4, -0.2) is 28.0 Å². The van der Waals surface area contributed by atoms with Crippen LogP contribution in [0.25, 0.3) is 21.9 Å². The largest absolute Gasteiger partial charge is 0.370 e. The molecule has 4 aromatic rings. The Hall–Kier alpha value is -3.02. The van der Waals surface area contributed by atoms with Crippen LogP contribution >= 0.6 is 0 Å². The number of aromatic nitrogens is 3.